The van der Waals surface area contributed by atoms with E-state index in [0.29, 0.717) is 38.5 Å². The Hall–Kier alpha value is -0.660. The highest BCUT2D eigenvalue weighted by Gasteiger charge is 2.29. The number of carbonyl (C=O) groups excluding carboxylic acids is 1. The zero-order valence-electron chi connectivity index (χ0n) is 14.6. The van der Waals surface area contributed by atoms with Gasteiger partial charge in [0, 0.05) is 38.1 Å². The summed E-state index contributed by atoms with van der Waals surface area (Å²) in [5.41, 5.74) is 0. The second-order valence-corrected chi connectivity index (χ2v) is 9.26. The summed E-state index contributed by atoms with van der Waals surface area (Å²) in [6, 6.07) is 0.359. The molecule has 7 heteroatoms. The molecule has 23 heavy (non-hydrogen) atoms. The first-order valence-electron chi connectivity index (χ1n) is 8.74. The lowest BCUT2D eigenvalue weighted by atomic mass is 9.97. The van der Waals surface area contributed by atoms with Crippen LogP contribution in [0.2, 0.25) is 0 Å². The zero-order chi connectivity index (χ0) is 17.0. The molecule has 0 unspecified atom stereocenters. The Morgan fingerprint density at radius 2 is 1.87 bits per heavy atom. The van der Waals surface area contributed by atoms with Crippen LogP contribution >= 0.6 is 0 Å². The summed E-state index contributed by atoms with van der Waals surface area (Å²) in [4.78, 5) is 14.8. The summed E-state index contributed by atoms with van der Waals surface area (Å²) < 4.78 is 24.5. The van der Waals surface area contributed by atoms with E-state index in [1.807, 2.05) is 0 Å². The third-order valence-electron chi connectivity index (χ3n) is 5.18. The fourth-order valence-corrected chi connectivity index (χ4v) is 4.47. The first-order valence-corrected chi connectivity index (χ1v) is 10.6. The predicted molar refractivity (Wildman–Crippen MR) is 91.6 cm³/mol. The van der Waals surface area contributed by atoms with Gasteiger partial charge in [-0.3, -0.25) is 9.69 Å². The van der Waals surface area contributed by atoms with Gasteiger partial charge in [0.2, 0.25) is 15.9 Å². The van der Waals surface area contributed by atoms with Crippen LogP contribution in [0.5, 0.6) is 0 Å². The first-order chi connectivity index (χ1) is 10.8. The van der Waals surface area contributed by atoms with Gasteiger partial charge >= 0.3 is 0 Å². The van der Waals surface area contributed by atoms with Gasteiger partial charge in [-0.25, -0.2) is 12.7 Å². The van der Waals surface area contributed by atoms with E-state index < -0.39 is 10.0 Å². The fourth-order valence-electron chi connectivity index (χ4n) is 3.60. The molecule has 2 rings (SSSR count). The number of rotatable bonds is 5. The van der Waals surface area contributed by atoms with Crippen LogP contribution in [-0.2, 0) is 14.8 Å². The Balaban J connectivity index is 1.73. The maximum Gasteiger partial charge on any atom is 0.223 e. The predicted octanol–water partition coefficient (Wildman–Crippen LogP) is 0.895. The molecule has 2 heterocycles. The average Bonchev–Trinajstić information content (AvgIpc) is 2.51. The van der Waals surface area contributed by atoms with E-state index in [1.165, 1.54) is 23.4 Å². The molecule has 0 aromatic carbocycles. The number of hydrogen-bond acceptors (Lipinski definition) is 4. The lowest BCUT2D eigenvalue weighted by Crippen LogP contribution is -2.48. The molecule has 2 atom stereocenters. The maximum atomic E-state index is 12.3. The Morgan fingerprint density at radius 3 is 2.43 bits per heavy atom. The van der Waals surface area contributed by atoms with E-state index in [9.17, 15) is 13.2 Å². The number of nitrogens with one attached hydrogen (secondary N) is 1. The van der Waals surface area contributed by atoms with Gasteiger partial charge in [0.1, 0.15) is 0 Å². The summed E-state index contributed by atoms with van der Waals surface area (Å²) >= 11 is 0. The number of likely N-dealkylation sites (tertiary alicyclic amines) is 1. The summed E-state index contributed by atoms with van der Waals surface area (Å²) in [5, 5.41) is 3.07. The Morgan fingerprint density at radius 1 is 1.22 bits per heavy atom. The highest BCUT2D eigenvalue weighted by molar-refractivity contribution is 7.88. The van der Waals surface area contributed by atoms with Gasteiger partial charge in [0.05, 0.1) is 6.26 Å². The molecule has 0 bridgehead atoms. The molecule has 2 fully saturated rings. The smallest absolute Gasteiger partial charge is 0.223 e. The summed E-state index contributed by atoms with van der Waals surface area (Å²) in [5.74, 6) is 0.762. The van der Waals surface area contributed by atoms with Gasteiger partial charge in [-0.1, -0.05) is 6.92 Å². The van der Waals surface area contributed by atoms with Crippen molar-refractivity contribution in [3.8, 4) is 0 Å². The van der Waals surface area contributed by atoms with Crippen LogP contribution in [0.1, 0.15) is 39.5 Å². The minimum Gasteiger partial charge on any atom is -0.354 e. The molecule has 2 aliphatic heterocycles. The molecule has 1 amide bonds. The van der Waals surface area contributed by atoms with Crippen molar-refractivity contribution in [2.24, 2.45) is 11.8 Å². The van der Waals surface area contributed by atoms with Crippen molar-refractivity contribution in [1.29, 1.82) is 0 Å². The van der Waals surface area contributed by atoms with Crippen LogP contribution in [0.3, 0.4) is 0 Å². The topological polar surface area (TPSA) is 69.7 Å². The quantitative estimate of drug-likeness (QED) is 0.804. The standard InChI is InChI=1S/C16H31N3O3S/c1-13-5-4-8-18(12-13)14(2)11-17-16(20)15-6-9-19(10-7-15)23(3,21)22/h13-15H,4-12H2,1-3H3,(H,17,20)/t13-,14+/m1/s1. The lowest BCUT2D eigenvalue weighted by molar-refractivity contribution is -0.126. The second-order valence-electron chi connectivity index (χ2n) is 7.27. The van der Waals surface area contributed by atoms with Gasteiger partial charge in [0.15, 0.2) is 0 Å². The summed E-state index contributed by atoms with van der Waals surface area (Å²) in [6.07, 6.45) is 5.01. The van der Waals surface area contributed by atoms with Crippen LogP contribution in [0.4, 0.5) is 0 Å². The van der Waals surface area contributed by atoms with Crippen molar-refractivity contribution in [3.05, 3.63) is 0 Å². The summed E-state index contributed by atoms with van der Waals surface area (Å²) in [7, 11) is -3.13. The molecule has 0 saturated carbocycles. The van der Waals surface area contributed by atoms with Crippen molar-refractivity contribution in [3.63, 3.8) is 0 Å². The molecule has 0 radical (unpaired) electrons. The van der Waals surface area contributed by atoms with Gasteiger partial charge in [0.25, 0.3) is 0 Å². The normalized spacial score (nSPS) is 26.8. The van der Waals surface area contributed by atoms with Crippen molar-refractivity contribution in [2.45, 2.75) is 45.6 Å². The Bertz CT molecular complexity index is 501. The van der Waals surface area contributed by atoms with E-state index in [2.05, 4.69) is 24.1 Å². The molecule has 2 aliphatic rings. The second kappa shape index (κ2) is 7.94. The van der Waals surface area contributed by atoms with Gasteiger partial charge in [-0.2, -0.15) is 0 Å². The molecule has 0 spiro atoms. The molecular weight excluding hydrogens is 314 g/mol. The van der Waals surface area contributed by atoms with Gasteiger partial charge in [-0.05, 0) is 45.1 Å². The van der Waals surface area contributed by atoms with E-state index in [-0.39, 0.29) is 11.8 Å². The number of hydrogen-bond donors (Lipinski definition) is 1. The Labute approximate surface area is 140 Å². The average molecular weight is 346 g/mol. The fraction of sp³-hybridized carbons (Fsp3) is 0.938. The van der Waals surface area contributed by atoms with E-state index >= 15 is 0 Å². The molecule has 0 aliphatic carbocycles. The zero-order valence-corrected chi connectivity index (χ0v) is 15.4. The van der Waals surface area contributed by atoms with Crippen molar-refractivity contribution < 1.29 is 13.2 Å². The van der Waals surface area contributed by atoms with Gasteiger partial charge in [-0.15, -0.1) is 0 Å². The molecular formula is C16H31N3O3S. The molecule has 1 N–H and O–H groups in total. The summed E-state index contributed by atoms with van der Waals surface area (Å²) in [6.45, 7) is 8.28. The van der Waals surface area contributed by atoms with E-state index in [4.69, 9.17) is 0 Å². The highest BCUT2D eigenvalue weighted by Crippen LogP contribution is 2.20. The lowest BCUT2D eigenvalue weighted by Gasteiger charge is -2.36. The van der Waals surface area contributed by atoms with Crippen LogP contribution in [0, 0.1) is 11.8 Å². The van der Waals surface area contributed by atoms with E-state index in [1.54, 1.807) is 0 Å². The van der Waals surface area contributed by atoms with Crippen LogP contribution in [0.25, 0.3) is 0 Å². The first kappa shape index (κ1) is 18.7. The van der Waals surface area contributed by atoms with Crippen LogP contribution in [-0.4, -0.2) is 68.6 Å². The monoisotopic (exact) mass is 345 g/mol. The van der Waals surface area contributed by atoms with Crippen molar-refractivity contribution in [2.75, 3.05) is 39.0 Å². The number of carbonyl (C=O) groups is 1. The third kappa shape index (κ3) is 5.43. The number of nitrogens with zero attached hydrogens (tertiary/aromatic N) is 2. The number of sulfonamides is 1. The van der Waals surface area contributed by atoms with Crippen LogP contribution < -0.4 is 5.32 Å². The number of piperidine rings is 2. The molecule has 0 aromatic rings. The van der Waals surface area contributed by atoms with Gasteiger partial charge < -0.3 is 5.32 Å². The maximum absolute atomic E-state index is 12.3. The van der Waals surface area contributed by atoms with Crippen LogP contribution in [0.15, 0.2) is 0 Å². The molecule has 0 aromatic heterocycles. The molecule has 6 nitrogen and oxygen atoms in total. The largest absolute Gasteiger partial charge is 0.354 e. The molecule has 134 valence electrons. The number of amides is 1. The SMILES string of the molecule is C[C@@H]1CCCN([C@@H](C)CNC(=O)C2CCN(S(C)(=O)=O)CC2)C1. The van der Waals surface area contributed by atoms with Crippen molar-refractivity contribution in [1.82, 2.24) is 14.5 Å². The highest BCUT2D eigenvalue weighted by atomic mass is 32.2. The molecule has 2 saturated heterocycles. The minimum absolute atomic E-state index is 0.0551. The Kier molecular flexibility index (Phi) is 6.45. The minimum atomic E-state index is -3.13. The van der Waals surface area contributed by atoms with E-state index in [0.717, 1.165) is 19.0 Å². The van der Waals surface area contributed by atoms with Crippen molar-refractivity contribution >= 4 is 15.9 Å². The third-order valence-corrected chi connectivity index (χ3v) is 6.48.